The number of esters is 1. The van der Waals surface area contributed by atoms with E-state index in [0.29, 0.717) is 77.9 Å². The van der Waals surface area contributed by atoms with Gasteiger partial charge in [0.15, 0.2) is 6.73 Å². The van der Waals surface area contributed by atoms with Gasteiger partial charge in [0.05, 0.1) is 47.2 Å². The minimum Gasteiger partial charge on any atom is -0.443 e. The zero-order chi connectivity index (χ0) is 53.8. The van der Waals surface area contributed by atoms with Crippen molar-refractivity contribution in [1.82, 2.24) is 9.13 Å². The largest absolute Gasteiger partial charge is 0.443 e. The van der Waals surface area contributed by atoms with Gasteiger partial charge in [-0.05, 0) is 119 Å². The first-order valence-corrected chi connectivity index (χ1v) is 30.1. The molecule has 1 N–H and O–H groups in total. The Morgan fingerprint density at radius 3 is 1.52 bits per heavy atom. The number of ether oxygens (including phenoxy) is 3. The summed E-state index contributed by atoms with van der Waals surface area (Å²) >= 11 is 2.92. The van der Waals surface area contributed by atoms with Crippen LogP contribution in [-0.4, -0.2) is 71.3 Å². The van der Waals surface area contributed by atoms with Gasteiger partial charge < -0.3 is 28.8 Å². The Labute approximate surface area is 468 Å². The van der Waals surface area contributed by atoms with E-state index in [9.17, 15) is 19.8 Å². The summed E-state index contributed by atoms with van der Waals surface area (Å²) in [7, 11) is 0. The van der Waals surface area contributed by atoms with E-state index in [0.717, 1.165) is 108 Å². The van der Waals surface area contributed by atoms with Crippen molar-refractivity contribution >= 4 is 117 Å². The summed E-state index contributed by atoms with van der Waals surface area (Å²) in [5, 5.41) is 21.0. The molecule has 79 heavy (non-hydrogen) atoms. The van der Waals surface area contributed by atoms with Crippen LogP contribution >= 0.6 is 22.7 Å². The standard InChI is InChI=1S/C67H66N4O6S2/c1-43(72)77-42-69-59(27-23-45-14-4-5-15-45)47-25-29-61-53(39-47)55-41-57(67(74)63-21-11-37-79-63)49-17-7-9-19-51(49)65(55)71(61)31-33-76-35-34-75-32-30-70-60-28-24-46(58(68)26-22-44-12-2-3-13-44)38-52(60)54-40-56(66(73)62-20-10-36-78-62)48-16-6-8-18-50(48)64(54)70/h6-11,16-21,24-25,28-29,36-41,44-45,68H,2-5,12-15,22-23,26-27,30-35,42H2,1H3. The Bertz CT molecular complexity index is 3930. The van der Waals surface area contributed by atoms with Gasteiger partial charge in [0.1, 0.15) is 0 Å². The smallest absolute Gasteiger partial charge is 0.304 e. The van der Waals surface area contributed by atoms with Gasteiger partial charge in [0.2, 0.25) is 11.6 Å². The number of rotatable bonds is 23. The first kappa shape index (κ1) is 52.6. The topological polar surface area (TPSA) is 125 Å². The number of hydrogen-bond donors (Lipinski definition) is 1. The van der Waals surface area contributed by atoms with Crippen molar-refractivity contribution in [1.29, 1.82) is 5.41 Å². The van der Waals surface area contributed by atoms with Crippen molar-refractivity contribution in [3.63, 3.8) is 0 Å². The predicted molar refractivity (Wildman–Crippen MR) is 323 cm³/mol. The molecular formula is C67H66N4O6S2. The first-order chi connectivity index (χ1) is 38.8. The highest BCUT2D eigenvalue weighted by Gasteiger charge is 2.25. The van der Waals surface area contributed by atoms with Crippen molar-refractivity contribution < 1.29 is 28.6 Å². The lowest BCUT2D eigenvalue weighted by Crippen LogP contribution is -2.13. The number of ketones is 2. The molecule has 2 aliphatic carbocycles. The molecule has 0 unspecified atom stereocenters. The van der Waals surface area contributed by atoms with E-state index in [1.54, 1.807) is 0 Å². The molecule has 10 aromatic rings. The Hall–Kier alpha value is -7.09. The maximum Gasteiger partial charge on any atom is 0.304 e. The van der Waals surface area contributed by atoms with Gasteiger partial charge in [0.25, 0.3) is 0 Å². The number of carbonyl (C=O) groups excluding carboxylic acids is 3. The van der Waals surface area contributed by atoms with Gasteiger partial charge in [-0.25, -0.2) is 4.99 Å². The van der Waals surface area contributed by atoms with Crippen molar-refractivity contribution in [2.24, 2.45) is 16.8 Å². The third kappa shape index (κ3) is 10.9. The van der Waals surface area contributed by atoms with Gasteiger partial charge in [-0.3, -0.25) is 14.4 Å². The number of hydrogen-bond acceptors (Lipinski definition) is 10. The van der Waals surface area contributed by atoms with E-state index >= 15 is 0 Å². The van der Waals surface area contributed by atoms with Gasteiger partial charge in [-0.2, -0.15) is 0 Å². The summed E-state index contributed by atoms with van der Waals surface area (Å²) in [5.74, 6) is 1.06. The van der Waals surface area contributed by atoms with Crippen LogP contribution in [0.4, 0.5) is 0 Å². The fraction of sp³-hybridized carbons (Fsp3) is 0.328. The van der Waals surface area contributed by atoms with Gasteiger partial charge in [-0.15, -0.1) is 22.7 Å². The van der Waals surface area contributed by atoms with Gasteiger partial charge in [0, 0.05) is 85.9 Å². The van der Waals surface area contributed by atoms with E-state index < -0.39 is 0 Å². The van der Waals surface area contributed by atoms with Crippen LogP contribution in [0, 0.1) is 17.2 Å². The SMILES string of the molecule is CC(=O)OCN=C(CCC1CCCC1)c1ccc2c(c1)c1cc(C(=O)c3cccs3)c3ccccc3c1n2CCOCCOCCn1c2ccc(C(=N)CCC3CCCC3)cc2c2cc(C(=O)c3cccs3)c3ccccc3c21. The van der Waals surface area contributed by atoms with E-state index in [-0.39, 0.29) is 24.3 Å². The minimum atomic E-state index is -0.356. The summed E-state index contributed by atoms with van der Waals surface area (Å²) in [4.78, 5) is 46.6. The maximum absolute atomic E-state index is 14.3. The highest BCUT2D eigenvalue weighted by atomic mass is 32.1. The molecule has 0 aliphatic heterocycles. The van der Waals surface area contributed by atoms with Gasteiger partial charge in [-0.1, -0.05) is 124 Å². The van der Waals surface area contributed by atoms with Crippen molar-refractivity contribution in [2.45, 2.75) is 97.1 Å². The predicted octanol–water partition coefficient (Wildman–Crippen LogP) is 16.1. The molecule has 402 valence electrons. The maximum atomic E-state index is 14.3. The molecule has 6 aromatic carbocycles. The molecular weight excluding hydrogens is 1020 g/mol. The quantitative estimate of drug-likeness (QED) is 0.0294. The van der Waals surface area contributed by atoms with E-state index in [2.05, 4.69) is 75.9 Å². The van der Waals surface area contributed by atoms with Crippen LogP contribution in [0.5, 0.6) is 0 Å². The molecule has 2 fully saturated rings. The summed E-state index contributed by atoms with van der Waals surface area (Å²) < 4.78 is 22.8. The normalized spacial score (nSPS) is 14.6. The average molecular weight is 1090 g/mol. The molecule has 12 heteroatoms. The third-order valence-electron chi connectivity index (χ3n) is 16.7. The van der Waals surface area contributed by atoms with Crippen LogP contribution in [0.15, 0.2) is 137 Å². The number of aliphatic imine (C=N–C) groups is 1. The van der Waals surface area contributed by atoms with Crippen LogP contribution in [0.1, 0.15) is 126 Å². The lowest BCUT2D eigenvalue weighted by Gasteiger charge is -2.13. The van der Waals surface area contributed by atoms with Crippen LogP contribution in [0.25, 0.3) is 65.2 Å². The molecule has 12 rings (SSSR count). The summed E-state index contributed by atoms with van der Waals surface area (Å²) in [6.07, 6.45) is 13.8. The molecule has 10 nitrogen and oxygen atoms in total. The molecule has 0 spiro atoms. The number of fused-ring (bicyclic) bond motifs is 10. The van der Waals surface area contributed by atoms with Crippen LogP contribution in [0.3, 0.4) is 0 Å². The lowest BCUT2D eigenvalue weighted by molar-refractivity contribution is -0.140. The lowest BCUT2D eigenvalue weighted by atomic mass is 9.95. The van der Waals surface area contributed by atoms with Crippen molar-refractivity contribution in [2.75, 3.05) is 33.2 Å². The van der Waals surface area contributed by atoms with Crippen molar-refractivity contribution in [3.05, 3.63) is 164 Å². The summed E-state index contributed by atoms with van der Waals surface area (Å²) in [6, 6.07) is 41.2. The molecule has 4 heterocycles. The second-order valence-electron chi connectivity index (χ2n) is 21.6. The Kier molecular flexibility index (Phi) is 15.8. The number of nitrogens with one attached hydrogen (secondary N) is 1. The number of nitrogens with zero attached hydrogens (tertiary/aromatic N) is 3. The van der Waals surface area contributed by atoms with E-state index in [1.165, 1.54) is 81.0 Å². The minimum absolute atomic E-state index is 0.00568. The molecule has 0 amide bonds. The third-order valence-corrected chi connectivity index (χ3v) is 18.5. The van der Waals surface area contributed by atoms with Crippen LogP contribution < -0.4 is 0 Å². The Morgan fingerprint density at radius 1 is 0.544 bits per heavy atom. The highest BCUT2D eigenvalue weighted by molar-refractivity contribution is 7.12. The van der Waals surface area contributed by atoms with Crippen LogP contribution in [-0.2, 0) is 32.1 Å². The average Bonchev–Trinajstić information content (AvgIpc) is 4.55. The molecule has 0 saturated heterocycles. The number of thiophene rings is 2. The summed E-state index contributed by atoms with van der Waals surface area (Å²) in [5.41, 5.74) is 9.08. The Balaban J connectivity index is 0.799. The zero-order valence-corrected chi connectivity index (χ0v) is 46.5. The van der Waals surface area contributed by atoms with E-state index in [1.807, 2.05) is 65.4 Å². The monoisotopic (exact) mass is 1090 g/mol. The first-order valence-electron chi connectivity index (χ1n) is 28.3. The Morgan fingerprint density at radius 2 is 1.03 bits per heavy atom. The molecule has 0 bridgehead atoms. The van der Waals surface area contributed by atoms with Crippen LogP contribution in [0.2, 0.25) is 0 Å². The molecule has 0 atom stereocenters. The fourth-order valence-corrected chi connectivity index (χ4v) is 14.2. The summed E-state index contributed by atoms with van der Waals surface area (Å²) in [6.45, 7) is 4.25. The van der Waals surface area contributed by atoms with Crippen molar-refractivity contribution in [3.8, 4) is 0 Å². The number of aromatic nitrogens is 2. The van der Waals surface area contributed by atoms with Gasteiger partial charge >= 0.3 is 5.97 Å². The molecule has 2 saturated carbocycles. The van der Waals surface area contributed by atoms with E-state index in [4.69, 9.17) is 19.2 Å². The molecule has 0 radical (unpaired) electrons. The fourth-order valence-electron chi connectivity index (χ4n) is 12.8. The molecule has 2 aliphatic rings. The number of carbonyl (C=O) groups is 3. The molecule has 4 aromatic heterocycles. The number of benzene rings is 6. The second-order valence-corrected chi connectivity index (χ2v) is 23.5. The zero-order valence-electron chi connectivity index (χ0n) is 44.9. The second kappa shape index (κ2) is 23.7. The highest BCUT2D eigenvalue weighted by Crippen LogP contribution is 2.41.